The van der Waals surface area contributed by atoms with Gasteiger partial charge in [-0.1, -0.05) is 146 Å². The standard InChI is InChI=1S/C55H40N2/c1-6-20-39(21-7-1)48-37-49-46-31-17-19-33-51(46)55(53(49)38-54(48)57(42-26-12-4-13-27-42)43-28-14-5-15-29-43)50-32-18-16-30-45(50)47-35-34-44(36-52(47)55)56(40-22-8-2-9-23-40)41-24-10-3-11-25-41/h1-18,20-32,34-38H,19,33H2. The zero-order valence-electron chi connectivity index (χ0n) is 31.6. The van der Waals surface area contributed by atoms with Gasteiger partial charge in [0, 0.05) is 34.0 Å². The predicted molar refractivity (Wildman–Crippen MR) is 238 cm³/mol. The van der Waals surface area contributed by atoms with Crippen LogP contribution in [0.4, 0.5) is 34.1 Å². The van der Waals surface area contributed by atoms with E-state index in [0.717, 1.165) is 47.0 Å². The highest BCUT2D eigenvalue weighted by Crippen LogP contribution is 2.65. The van der Waals surface area contributed by atoms with Crippen LogP contribution >= 0.6 is 0 Å². The molecule has 0 heterocycles. The van der Waals surface area contributed by atoms with E-state index >= 15 is 0 Å². The summed E-state index contributed by atoms with van der Waals surface area (Å²) in [5.74, 6) is 0. The fourth-order valence-electron chi connectivity index (χ4n) is 9.83. The largest absolute Gasteiger partial charge is 0.310 e. The molecule has 0 N–H and O–H groups in total. The van der Waals surface area contributed by atoms with E-state index in [1.54, 1.807) is 0 Å². The fourth-order valence-corrected chi connectivity index (χ4v) is 9.83. The van der Waals surface area contributed by atoms with Crippen LogP contribution in [-0.4, -0.2) is 0 Å². The number of allylic oxidation sites excluding steroid dienone is 4. The summed E-state index contributed by atoms with van der Waals surface area (Å²) in [6, 6.07) is 75.6. The highest BCUT2D eigenvalue weighted by Gasteiger charge is 2.53. The van der Waals surface area contributed by atoms with E-state index in [1.807, 2.05) is 0 Å². The Balaban J connectivity index is 1.24. The Morgan fingerprint density at radius 3 is 1.49 bits per heavy atom. The maximum Gasteiger partial charge on any atom is 0.0690 e. The van der Waals surface area contributed by atoms with Crippen LogP contribution in [0.15, 0.2) is 224 Å². The summed E-state index contributed by atoms with van der Waals surface area (Å²) in [6.07, 6.45) is 6.81. The van der Waals surface area contributed by atoms with E-state index in [-0.39, 0.29) is 0 Å². The lowest BCUT2D eigenvalue weighted by Crippen LogP contribution is -2.28. The first kappa shape index (κ1) is 33.2. The quantitative estimate of drug-likeness (QED) is 0.161. The van der Waals surface area contributed by atoms with Crippen LogP contribution in [0, 0.1) is 0 Å². The molecule has 0 amide bonds. The normalized spacial score (nSPS) is 15.9. The van der Waals surface area contributed by atoms with E-state index in [0.29, 0.717) is 0 Å². The molecule has 2 heteroatoms. The third kappa shape index (κ3) is 5.18. The van der Waals surface area contributed by atoms with Gasteiger partial charge >= 0.3 is 0 Å². The van der Waals surface area contributed by atoms with Crippen molar-refractivity contribution in [2.24, 2.45) is 0 Å². The van der Waals surface area contributed by atoms with Gasteiger partial charge in [0.05, 0.1) is 11.1 Å². The monoisotopic (exact) mass is 728 g/mol. The van der Waals surface area contributed by atoms with Crippen LogP contribution in [0.1, 0.15) is 35.1 Å². The molecule has 0 fully saturated rings. The van der Waals surface area contributed by atoms with Gasteiger partial charge in [0.15, 0.2) is 0 Å². The molecular formula is C55H40N2. The van der Waals surface area contributed by atoms with Crippen molar-refractivity contribution in [3.8, 4) is 22.3 Å². The maximum absolute atomic E-state index is 2.55. The van der Waals surface area contributed by atoms with Gasteiger partial charge in [-0.2, -0.15) is 0 Å². The van der Waals surface area contributed by atoms with E-state index < -0.39 is 5.41 Å². The highest BCUT2D eigenvalue weighted by molar-refractivity contribution is 6.01. The number of anilines is 6. The van der Waals surface area contributed by atoms with Gasteiger partial charge in [0.2, 0.25) is 0 Å². The van der Waals surface area contributed by atoms with Gasteiger partial charge in [-0.3, -0.25) is 0 Å². The molecule has 1 spiro atoms. The Morgan fingerprint density at radius 2 is 0.877 bits per heavy atom. The number of benzene rings is 8. The Bertz CT molecular complexity index is 2750. The van der Waals surface area contributed by atoms with Gasteiger partial charge in [-0.15, -0.1) is 0 Å². The first-order valence-electron chi connectivity index (χ1n) is 20.0. The van der Waals surface area contributed by atoms with Gasteiger partial charge in [0.1, 0.15) is 0 Å². The molecule has 0 saturated carbocycles. The third-order valence-electron chi connectivity index (χ3n) is 12.1. The number of rotatable bonds is 7. The molecule has 1 unspecified atom stereocenters. The van der Waals surface area contributed by atoms with Gasteiger partial charge < -0.3 is 9.80 Å². The number of nitrogens with zero attached hydrogens (tertiary/aromatic N) is 2. The average molecular weight is 729 g/mol. The minimum Gasteiger partial charge on any atom is -0.310 e. The maximum atomic E-state index is 2.55. The van der Waals surface area contributed by atoms with Crippen molar-refractivity contribution in [2.75, 3.05) is 9.80 Å². The van der Waals surface area contributed by atoms with Crippen molar-refractivity contribution >= 4 is 39.7 Å². The Morgan fingerprint density at radius 1 is 0.368 bits per heavy atom. The molecule has 8 aromatic carbocycles. The lowest BCUT2D eigenvalue weighted by atomic mass is 9.68. The molecule has 11 rings (SSSR count). The molecule has 8 aromatic rings. The average Bonchev–Trinajstić information content (AvgIpc) is 3.74. The van der Waals surface area contributed by atoms with Crippen molar-refractivity contribution in [2.45, 2.75) is 18.3 Å². The molecule has 3 aliphatic carbocycles. The van der Waals surface area contributed by atoms with Crippen LogP contribution in [0.3, 0.4) is 0 Å². The highest BCUT2D eigenvalue weighted by atomic mass is 15.1. The molecule has 270 valence electrons. The van der Waals surface area contributed by atoms with E-state index in [9.17, 15) is 0 Å². The SMILES string of the molecule is C1=CC2=C(CC1)C1(c3cc(N(c4ccccc4)c4ccccc4)c(-c4ccccc4)cc32)c2ccccc2-c2ccc(N(c3ccccc3)c3ccccc3)cc21. The molecule has 0 saturated heterocycles. The predicted octanol–water partition coefficient (Wildman–Crippen LogP) is 14.7. The van der Waals surface area contributed by atoms with Crippen LogP contribution in [0.25, 0.3) is 27.8 Å². The third-order valence-corrected chi connectivity index (χ3v) is 12.1. The lowest BCUT2D eigenvalue weighted by molar-refractivity contribution is 0.714. The smallest absolute Gasteiger partial charge is 0.0690 e. The summed E-state index contributed by atoms with van der Waals surface area (Å²) < 4.78 is 0. The van der Waals surface area contributed by atoms with Gasteiger partial charge in [-0.25, -0.2) is 0 Å². The van der Waals surface area contributed by atoms with E-state index in [1.165, 1.54) is 55.7 Å². The topological polar surface area (TPSA) is 6.48 Å². The molecular weight excluding hydrogens is 689 g/mol. The zero-order valence-corrected chi connectivity index (χ0v) is 31.6. The minimum absolute atomic E-state index is 0.473. The number of fused-ring (bicyclic) bond motifs is 9. The van der Waals surface area contributed by atoms with Crippen LogP contribution < -0.4 is 9.80 Å². The Hall–Kier alpha value is -7.16. The van der Waals surface area contributed by atoms with E-state index in [2.05, 4.69) is 228 Å². The van der Waals surface area contributed by atoms with Crippen molar-refractivity contribution in [3.05, 3.63) is 246 Å². The summed E-state index contributed by atoms with van der Waals surface area (Å²) >= 11 is 0. The molecule has 0 aromatic heterocycles. The Labute approximate surface area is 335 Å². The van der Waals surface area contributed by atoms with Crippen LogP contribution in [-0.2, 0) is 5.41 Å². The number of hydrogen-bond donors (Lipinski definition) is 0. The molecule has 2 nitrogen and oxygen atoms in total. The molecule has 1 atom stereocenters. The van der Waals surface area contributed by atoms with Crippen LogP contribution in [0.2, 0.25) is 0 Å². The van der Waals surface area contributed by atoms with Crippen molar-refractivity contribution < 1.29 is 0 Å². The lowest BCUT2D eigenvalue weighted by Gasteiger charge is -2.36. The molecule has 0 bridgehead atoms. The second kappa shape index (κ2) is 13.5. The number of hydrogen-bond acceptors (Lipinski definition) is 2. The molecule has 0 aliphatic heterocycles. The van der Waals surface area contributed by atoms with Gasteiger partial charge in [0.25, 0.3) is 0 Å². The summed E-state index contributed by atoms with van der Waals surface area (Å²) in [7, 11) is 0. The summed E-state index contributed by atoms with van der Waals surface area (Å²) in [5.41, 5.74) is 19.6. The zero-order chi connectivity index (χ0) is 37.8. The first-order valence-corrected chi connectivity index (χ1v) is 20.0. The summed E-state index contributed by atoms with van der Waals surface area (Å²) in [6.45, 7) is 0. The molecule has 3 aliphatic rings. The number of para-hydroxylation sites is 4. The fraction of sp³-hybridized carbons (Fsp3) is 0.0545. The minimum atomic E-state index is -0.473. The van der Waals surface area contributed by atoms with E-state index in [4.69, 9.17) is 0 Å². The van der Waals surface area contributed by atoms with Gasteiger partial charge in [-0.05, 0) is 136 Å². The van der Waals surface area contributed by atoms with Crippen molar-refractivity contribution in [1.82, 2.24) is 0 Å². The molecule has 0 radical (unpaired) electrons. The Kier molecular flexibility index (Phi) is 7.89. The van der Waals surface area contributed by atoms with Crippen LogP contribution in [0.5, 0.6) is 0 Å². The second-order valence-electron chi connectivity index (χ2n) is 15.2. The molecule has 57 heavy (non-hydrogen) atoms. The first-order chi connectivity index (χ1) is 28.3. The van der Waals surface area contributed by atoms with Crippen molar-refractivity contribution in [3.63, 3.8) is 0 Å². The van der Waals surface area contributed by atoms with Crippen molar-refractivity contribution in [1.29, 1.82) is 0 Å². The summed E-state index contributed by atoms with van der Waals surface area (Å²) in [5, 5.41) is 0. The second-order valence-corrected chi connectivity index (χ2v) is 15.2. The summed E-state index contributed by atoms with van der Waals surface area (Å²) in [4.78, 5) is 4.85.